The minimum Gasteiger partial charge on any atom is -0.407 e. The molecule has 0 unspecified atom stereocenters. The lowest BCUT2D eigenvalue weighted by Gasteiger charge is -1.92. The van der Waals surface area contributed by atoms with Gasteiger partial charge in [0, 0.05) is 6.92 Å². The van der Waals surface area contributed by atoms with Crippen LogP contribution < -0.4 is 0 Å². The molecule has 0 atom stereocenters. The van der Waals surface area contributed by atoms with Crippen molar-refractivity contribution in [1.82, 2.24) is 10.2 Å². The maximum atomic E-state index is 5.08. The van der Waals surface area contributed by atoms with Gasteiger partial charge in [0.25, 0.3) is 0 Å². The third-order valence-electron chi connectivity index (χ3n) is 1.05. The second-order valence-corrected chi connectivity index (χ2v) is 3.74. The molecule has 12 heavy (non-hydrogen) atoms. The highest BCUT2D eigenvalue weighted by molar-refractivity contribution is 8.38. The lowest BCUT2D eigenvalue weighted by atomic mass is 10.8. The highest BCUT2D eigenvalue weighted by atomic mass is 32.2. The van der Waals surface area contributed by atoms with E-state index in [0.29, 0.717) is 11.9 Å². The number of nitrogens with zero attached hydrogens (tertiary/aromatic N) is 3. The molecular formula is C6H9N3OS2. The Balaban J connectivity index is 2.78. The topological polar surface area (TPSA) is 51.3 Å². The molecule has 0 bridgehead atoms. The molecular weight excluding hydrogens is 194 g/mol. The highest BCUT2D eigenvalue weighted by Crippen LogP contribution is 2.17. The Kier molecular flexibility index (Phi) is 3.61. The summed E-state index contributed by atoms with van der Waals surface area (Å²) in [5.74, 6) is 0.537. The molecule has 4 nitrogen and oxygen atoms in total. The van der Waals surface area contributed by atoms with Crippen molar-refractivity contribution in [3.8, 4) is 0 Å². The van der Waals surface area contributed by atoms with Crippen LogP contribution in [0.4, 0.5) is 6.01 Å². The first-order valence-corrected chi connectivity index (χ1v) is 5.68. The number of aromatic nitrogens is 2. The maximum absolute atomic E-state index is 5.08. The Bertz CT molecular complexity index is 278. The molecule has 1 heterocycles. The molecule has 0 saturated heterocycles. The summed E-state index contributed by atoms with van der Waals surface area (Å²) in [4.78, 5) is 4.12. The predicted molar refractivity (Wildman–Crippen MR) is 53.2 cm³/mol. The van der Waals surface area contributed by atoms with Gasteiger partial charge in [-0.05, 0) is 12.5 Å². The van der Waals surface area contributed by atoms with Crippen molar-refractivity contribution in [2.24, 2.45) is 4.99 Å². The minimum absolute atomic E-state index is 0.325. The average molecular weight is 203 g/mol. The van der Waals surface area contributed by atoms with Gasteiger partial charge < -0.3 is 4.42 Å². The van der Waals surface area contributed by atoms with Gasteiger partial charge in [-0.3, -0.25) is 0 Å². The molecule has 0 saturated carbocycles. The van der Waals surface area contributed by atoms with Gasteiger partial charge >= 0.3 is 6.01 Å². The van der Waals surface area contributed by atoms with E-state index in [1.54, 1.807) is 30.4 Å². The molecule has 0 aliphatic heterocycles. The summed E-state index contributed by atoms with van der Waals surface area (Å²) in [6, 6.07) is 0.325. The zero-order valence-electron chi connectivity index (χ0n) is 7.07. The maximum Gasteiger partial charge on any atom is 0.344 e. The quantitative estimate of drug-likeness (QED) is 0.516. The third-order valence-corrected chi connectivity index (χ3v) is 2.93. The summed E-state index contributed by atoms with van der Waals surface area (Å²) in [5.41, 5.74) is 0. The van der Waals surface area contributed by atoms with Crippen molar-refractivity contribution in [2.75, 3.05) is 12.5 Å². The number of aryl methyl sites for hydroxylation is 1. The van der Waals surface area contributed by atoms with Gasteiger partial charge in [0.05, 0.1) is 0 Å². The normalized spacial score (nSPS) is 9.92. The second kappa shape index (κ2) is 4.51. The van der Waals surface area contributed by atoms with Gasteiger partial charge in [0.2, 0.25) is 5.89 Å². The molecule has 66 valence electrons. The van der Waals surface area contributed by atoms with Gasteiger partial charge in [-0.25, -0.2) is 0 Å². The van der Waals surface area contributed by atoms with Crippen molar-refractivity contribution in [3.05, 3.63) is 5.89 Å². The monoisotopic (exact) mass is 203 g/mol. The van der Waals surface area contributed by atoms with Gasteiger partial charge in [-0.2, -0.15) is 4.99 Å². The molecule has 1 rings (SSSR count). The lowest BCUT2D eigenvalue weighted by Crippen LogP contribution is -1.80. The van der Waals surface area contributed by atoms with E-state index in [0.717, 1.165) is 4.38 Å². The first-order chi connectivity index (χ1) is 5.76. The molecule has 0 aliphatic rings. The molecule has 1 aromatic heterocycles. The summed E-state index contributed by atoms with van der Waals surface area (Å²) < 4.78 is 6.00. The van der Waals surface area contributed by atoms with Crippen molar-refractivity contribution in [2.45, 2.75) is 6.92 Å². The van der Waals surface area contributed by atoms with Crippen molar-refractivity contribution >= 4 is 33.9 Å². The van der Waals surface area contributed by atoms with E-state index in [9.17, 15) is 0 Å². The van der Waals surface area contributed by atoms with Gasteiger partial charge in [-0.1, -0.05) is 5.10 Å². The molecule has 0 N–H and O–H groups in total. The standard InChI is InChI=1S/C6H9N3OS2/c1-4-8-9-5(10-4)7-6(11-2)12-3/h1-3H3. The Labute approximate surface area is 79.2 Å². The van der Waals surface area contributed by atoms with E-state index >= 15 is 0 Å². The number of hydrogen-bond donors (Lipinski definition) is 0. The highest BCUT2D eigenvalue weighted by Gasteiger charge is 2.01. The molecule has 1 aromatic rings. The minimum atomic E-state index is 0.325. The number of hydrogen-bond acceptors (Lipinski definition) is 6. The Morgan fingerprint density at radius 2 is 2.00 bits per heavy atom. The first kappa shape index (κ1) is 9.60. The van der Waals surface area contributed by atoms with Crippen LogP contribution in [0.15, 0.2) is 9.41 Å². The zero-order chi connectivity index (χ0) is 8.97. The molecule has 0 spiro atoms. The first-order valence-electron chi connectivity index (χ1n) is 3.23. The number of aliphatic imine (C=N–C) groups is 1. The lowest BCUT2D eigenvalue weighted by molar-refractivity contribution is 0.530. The van der Waals surface area contributed by atoms with Crippen LogP contribution in [0.25, 0.3) is 0 Å². The van der Waals surface area contributed by atoms with Crippen molar-refractivity contribution in [1.29, 1.82) is 0 Å². The summed E-state index contributed by atoms with van der Waals surface area (Å²) in [5, 5.41) is 7.42. The second-order valence-electron chi connectivity index (χ2n) is 1.89. The third kappa shape index (κ3) is 2.53. The van der Waals surface area contributed by atoms with Crippen LogP contribution in [0.1, 0.15) is 5.89 Å². The number of thioether (sulfide) groups is 2. The fourth-order valence-corrected chi connectivity index (χ4v) is 1.59. The summed E-state index contributed by atoms with van der Waals surface area (Å²) in [6.07, 6.45) is 3.91. The smallest absolute Gasteiger partial charge is 0.344 e. The van der Waals surface area contributed by atoms with Crippen molar-refractivity contribution in [3.63, 3.8) is 0 Å². The average Bonchev–Trinajstić information content (AvgIpc) is 2.47. The Morgan fingerprint density at radius 1 is 1.33 bits per heavy atom. The fourth-order valence-electron chi connectivity index (χ4n) is 0.584. The zero-order valence-corrected chi connectivity index (χ0v) is 8.70. The van der Waals surface area contributed by atoms with E-state index < -0.39 is 0 Å². The number of rotatable bonds is 1. The summed E-state index contributed by atoms with van der Waals surface area (Å²) in [6.45, 7) is 1.74. The van der Waals surface area contributed by atoms with Crippen LogP contribution in [-0.4, -0.2) is 27.1 Å². The van der Waals surface area contributed by atoms with E-state index in [1.165, 1.54) is 0 Å². The molecule has 0 amide bonds. The fraction of sp³-hybridized carbons (Fsp3) is 0.500. The molecule has 0 aliphatic carbocycles. The van der Waals surface area contributed by atoms with E-state index in [1.807, 2.05) is 12.5 Å². The van der Waals surface area contributed by atoms with Crippen LogP contribution in [0.2, 0.25) is 0 Å². The van der Waals surface area contributed by atoms with Crippen LogP contribution in [-0.2, 0) is 0 Å². The van der Waals surface area contributed by atoms with E-state index in [4.69, 9.17) is 4.42 Å². The molecule has 0 radical (unpaired) electrons. The Morgan fingerprint density at radius 3 is 2.42 bits per heavy atom. The SMILES string of the molecule is CSC(=Nc1nnc(C)o1)SC. The van der Waals surface area contributed by atoms with Gasteiger partial charge in [-0.15, -0.1) is 28.6 Å². The van der Waals surface area contributed by atoms with Crippen LogP contribution in [0.3, 0.4) is 0 Å². The van der Waals surface area contributed by atoms with Gasteiger partial charge in [0.1, 0.15) is 4.38 Å². The Hall–Kier alpha value is -0.490. The van der Waals surface area contributed by atoms with E-state index in [-0.39, 0.29) is 0 Å². The van der Waals surface area contributed by atoms with E-state index in [2.05, 4.69) is 15.2 Å². The summed E-state index contributed by atoms with van der Waals surface area (Å²) in [7, 11) is 0. The van der Waals surface area contributed by atoms with Crippen molar-refractivity contribution < 1.29 is 4.42 Å². The summed E-state index contributed by atoms with van der Waals surface area (Å²) >= 11 is 3.12. The van der Waals surface area contributed by atoms with Crippen LogP contribution in [0.5, 0.6) is 0 Å². The molecule has 0 fully saturated rings. The van der Waals surface area contributed by atoms with Gasteiger partial charge in [0.15, 0.2) is 0 Å². The molecule has 6 heteroatoms. The van der Waals surface area contributed by atoms with Crippen LogP contribution >= 0.6 is 23.5 Å². The predicted octanol–water partition coefficient (Wildman–Crippen LogP) is 2.09. The molecule has 0 aromatic carbocycles. The largest absolute Gasteiger partial charge is 0.407 e. The van der Waals surface area contributed by atoms with Crippen LogP contribution in [0, 0.1) is 6.92 Å².